The predicted molar refractivity (Wildman–Crippen MR) is 146 cm³/mol. The second kappa shape index (κ2) is 11.4. The molecule has 3 aromatic rings. The van der Waals surface area contributed by atoms with Crippen molar-refractivity contribution in [3.8, 4) is 6.07 Å². The summed E-state index contributed by atoms with van der Waals surface area (Å²) in [6.45, 7) is 1.10. The molecule has 0 bridgehead atoms. The molecule has 2 aliphatic heterocycles. The van der Waals surface area contributed by atoms with E-state index in [1.165, 1.54) is 25.4 Å². The minimum absolute atomic E-state index is 0.127. The molecule has 12 heteroatoms. The van der Waals surface area contributed by atoms with Gasteiger partial charge in [-0.1, -0.05) is 17.7 Å². The summed E-state index contributed by atoms with van der Waals surface area (Å²) in [4.78, 5) is 62.4. The number of pyridine rings is 1. The van der Waals surface area contributed by atoms with Gasteiger partial charge in [0.05, 0.1) is 24.4 Å². The number of fused-ring (bicyclic) bond motifs is 2. The van der Waals surface area contributed by atoms with Crippen LogP contribution >= 0.6 is 11.6 Å². The molecule has 2 aromatic heterocycles. The molecule has 3 unspecified atom stereocenters. The second-order valence-corrected chi connectivity index (χ2v) is 10.6. The van der Waals surface area contributed by atoms with E-state index >= 15 is 0 Å². The van der Waals surface area contributed by atoms with E-state index in [4.69, 9.17) is 16.9 Å². The Morgan fingerprint density at radius 2 is 1.93 bits per heavy atom. The number of hydrogen-bond donors (Lipinski definition) is 3. The standard InChI is InChI=1S/C28H28ClN7O4/c1-31-25(37)11-34-27(39)22-15-35(26(38)6-17-10-33-24-7-19(29)3-4-20(17)24)12-18-13-36(14-21(18)22)28(40)23-5-2-16(8-30)9-32-23/h2-5,7,9-10,18,21-22,33H,6,11-15H2,1H3,(H,31,37)(H,34,39). The Morgan fingerprint density at radius 1 is 1.12 bits per heavy atom. The maximum absolute atomic E-state index is 13.5. The van der Waals surface area contributed by atoms with Crippen LogP contribution in [0, 0.1) is 29.1 Å². The lowest BCUT2D eigenvalue weighted by Crippen LogP contribution is -2.54. The number of rotatable bonds is 6. The van der Waals surface area contributed by atoms with Crippen LogP contribution in [0.3, 0.4) is 0 Å². The minimum atomic E-state index is -0.596. The zero-order chi connectivity index (χ0) is 28.4. The van der Waals surface area contributed by atoms with E-state index in [2.05, 4.69) is 20.6 Å². The molecule has 1 aromatic carbocycles. The molecular weight excluding hydrogens is 534 g/mol. The summed E-state index contributed by atoms with van der Waals surface area (Å²) in [6.07, 6.45) is 3.29. The zero-order valence-electron chi connectivity index (χ0n) is 21.8. The maximum atomic E-state index is 13.5. The number of aromatic nitrogens is 2. The Morgan fingerprint density at radius 3 is 2.65 bits per heavy atom. The normalized spacial score (nSPS) is 20.1. The number of likely N-dealkylation sites (N-methyl/N-ethyl adjacent to an activating group) is 1. The Bertz CT molecular complexity index is 1510. The van der Waals surface area contributed by atoms with Crippen LogP contribution in [0.5, 0.6) is 0 Å². The van der Waals surface area contributed by atoms with E-state index in [1.807, 2.05) is 12.1 Å². The van der Waals surface area contributed by atoms with Crippen molar-refractivity contribution in [2.75, 3.05) is 39.8 Å². The predicted octanol–water partition coefficient (Wildman–Crippen LogP) is 1.34. The number of likely N-dealkylation sites (tertiary alicyclic amines) is 2. The lowest BCUT2D eigenvalue weighted by Gasteiger charge is -2.39. The van der Waals surface area contributed by atoms with Gasteiger partial charge in [0.2, 0.25) is 17.7 Å². The molecule has 0 radical (unpaired) electrons. The monoisotopic (exact) mass is 561 g/mol. The summed E-state index contributed by atoms with van der Waals surface area (Å²) in [5.41, 5.74) is 2.23. The van der Waals surface area contributed by atoms with Crippen LogP contribution < -0.4 is 10.6 Å². The first-order valence-corrected chi connectivity index (χ1v) is 13.3. The van der Waals surface area contributed by atoms with Crippen molar-refractivity contribution >= 4 is 46.1 Å². The number of amides is 4. The van der Waals surface area contributed by atoms with E-state index in [0.717, 1.165) is 16.5 Å². The smallest absolute Gasteiger partial charge is 0.272 e. The molecule has 0 spiro atoms. The first-order chi connectivity index (χ1) is 19.3. The van der Waals surface area contributed by atoms with Crippen molar-refractivity contribution < 1.29 is 19.2 Å². The van der Waals surface area contributed by atoms with Crippen molar-refractivity contribution in [3.05, 3.63) is 64.6 Å². The summed E-state index contributed by atoms with van der Waals surface area (Å²) in [6, 6.07) is 10.5. The van der Waals surface area contributed by atoms with E-state index in [1.54, 1.807) is 28.1 Å². The lowest BCUT2D eigenvalue weighted by molar-refractivity contribution is -0.139. The van der Waals surface area contributed by atoms with Crippen molar-refractivity contribution in [2.45, 2.75) is 6.42 Å². The Kier molecular flexibility index (Phi) is 7.71. The highest BCUT2D eigenvalue weighted by Crippen LogP contribution is 2.36. The molecule has 40 heavy (non-hydrogen) atoms. The van der Waals surface area contributed by atoms with Crippen LogP contribution in [0.25, 0.3) is 10.9 Å². The first kappa shape index (κ1) is 27.1. The number of H-pyrrole nitrogens is 1. The molecular formula is C28H28ClN7O4. The van der Waals surface area contributed by atoms with Crippen LogP contribution in [0.2, 0.25) is 5.02 Å². The molecule has 0 aliphatic carbocycles. The van der Waals surface area contributed by atoms with Crippen LogP contribution in [-0.4, -0.2) is 83.2 Å². The van der Waals surface area contributed by atoms with Crippen molar-refractivity contribution in [1.82, 2.24) is 30.4 Å². The van der Waals surface area contributed by atoms with Gasteiger partial charge in [0, 0.05) is 61.5 Å². The second-order valence-electron chi connectivity index (χ2n) is 10.2. The van der Waals surface area contributed by atoms with Crippen LogP contribution in [0.1, 0.15) is 21.6 Å². The molecule has 2 saturated heterocycles. The molecule has 4 amide bonds. The highest BCUT2D eigenvalue weighted by atomic mass is 35.5. The highest BCUT2D eigenvalue weighted by Gasteiger charge is 2.48. The number of carbonyl (C=O) groups excluding carboxylic acids is 4. The summed E-state index contributed by atoms with van der Waals surface area (Å²) < 4.78 is 0. The maximum Gasteiger partial charge on any atom is 0.272 e. The van der Waals surface area contributed by atoms with Gasteiger partial charge in [-0.2, -0.15) is 5.26 Å². The van der Waals surface area contributed by atoms with E-state index in [-0.39, 0.29) is 60.7 Å². The molecule has 2 fully saturated rings. The highest BCUT2D eigenvalue weighted by molar-refractivity contribution is 6.31. The summed E-state index contributed by atoms with van der Waals surface area (Å²) in [5, 5.41) is 15.7. The molecule has 3 atom stereocenters. The number of hydrogen-bond acceptors (Lipinski definition) is 6. The quantitative estimate of drug-likeness (QED) is 0.413. The fourth-order valence-corrected chi connectivity index (χ4v) is 5.81. The third kappa shape index (κ3) is 5.49. The van der Waals surface area contributed by atoms with Crippen LogP contribution in [0.4, 0.5) is 0 Å². The SMILES string of the molecule is CNC(=O)CNC(=O)C1CN(C(=O)Cc2c[nH]c3cc(Cl)ccc23)CC2CN(C(=O)c3ccc(C#N)cn3)CC21. The van der Waals surface area contributed by atoms with E-state index in [9.17, 15) is 19.2 Å². The first-order valence-electron chi connectivity index (χ1n) is 12.9. The van der Waals surface area contributed by atoms with Crippen LogP contribution in [0.15, 0.2) is 42.7 Å². The minimum Gasteiger partial charge on any atom is -0.361 e. The van der Waals surface area contributed by atoms with Gasteiger partial charge in [0.15, 0.2) is 0 Å². The number of carbonyl (C=O) groups is 4. The lowest BCUT2D eigenvalue weighted by atomic mass is 9.79. The number of piperidine rings is 1. The van der Waals surface area contributed by atoms with Crippen molar-refractivity contribution in [2.24, 2.45) is 17.8 Å². The Balaban J connectivity index is 1.35. The summed E-state index contributed by atoms with van der Waals surface area (Å²) in [7, 11) is 1.49. The molecule has 4 heterocycles. The average Bonchev–Trinajstić information content (AvgIpc) is 3.58. The molecule has 2 aliphatic rings. The van der Waals surface area contributed by atoms with Gasteiger partial charge in [-0.05, 0) is 41.7 Å². The number of nitrogens with one attached hydrogen (secondary N) is 3. The molecule has 0 saturated carbocycles. The van der Waals surface area contributed by atoms with Gasteiger partial charge in [-0.15, -0.1) is 0 Å². The fourth-order valence-electron chi connectivity index (χ4n) is 5.64. The third-order valence-electron chi connectivity index (χ3n) is 7.74. The van der Waals surface area contributed by atoms with Crippen LogP contribution in [-0.2, 0) is 20.8 Å². The van der Waals surface area contributed by atoms with Gasteiger partial charge in [-0.25, -0.2) is 4.98 Å². The number of aromatic amines is 1. The van der Waals surface area contributed by atoms with Gasteiger partial charge in [-0.3, -0.25) is 19.2 Å². The third-order valence-corrected chi connectivity index (χ3v) is 7.98. The molecule has 206 valence electrons. The number of nitriles is 1. The van der Waals surface area contributed by atoms with Gasteiger partial charge in [0.25, 0.3) is 5.91 Å². The zero-order valence-corrected chi connectivity index (χ0v) is 22.6. The van der Waals surface area contributed by atoms with Crippen molar-refractivity contribution in [1.29, 1.82) is 5.26 Å². The van der Waals surface area contributed by atoms with Gasteiger partial charge < -0.3 is 25.4 Å². The Hall–Kier alpha value is -4.43. The van der Waals surface area contributed by atoms with E-state index in [0.29, 0.717) is 30.2 Å². The van der Waals surface area contributed by atoms with Gasteiger partial charge in [0.1, 0.15) is 11.8 Å². The average molecular weight is 562 g/mol. The summed E-state index contributed by atoms with van der Waals surface area (Å²) in [5.74, 6) is -1.99. The van der Waals surface area contributed by atoms with Crippen molar-refractivity contribution in [3.63, 3.8) is 0 Å². The molecule has 3 N–H and O–H groups in total. The number of nitrogens with zero attached hydrogens (tertiary/aromatic N) is 4. The largest absolute Gasteiger partial charge is 0.361 e. The topological polar surface area (TPSA) is 151 Å². The molecule has 11 nitrogen and oxygen atoms in total. The van der Waals surface area contributed by atoms with E-state index < -0.39 is 5.92 Å². The number of benzene rings is 1. The molecule has 5 rings (SSSR count). The van der Waals surface area contributed by atoms with Gasteiger partial charge >= 0.3 is 0 Å². The Labute approximate surface area is 235 Å². The fraction of sp³-hybridized carbons (Fsp3) is 0.357. The summed E-state index contributed by atoms with van der Waals surface area (Å²) >= 11 is 6.09. The number of halogens is 1.